The first-order valence-electron chi connectivity index (χ1n) is 11.0. The lowest BCUT2D eigenvalue weighted by atomic mass is 10.1. The third-order valence-corrected chi connectivity index (χ3v) is 7.86. The average Bonchev–Trinajstić information content (AvgIpc) is 2.79. The summed E-state index contributed by atoms with van der Waals surface area (Å²) in [6, 6.07) is 12.4. The molecule has 10 heteroatoms. The highest BCUT2D eigenvalue weighted by Gasteiger charge is 2.27. The molecule has 1 N–H and O–H groups in total. The molecule has 0 saturated heterocycles. The van der Waals surface area contributed by atoms with E-state index in [2.05, 4.69) is 5.32 Å². The van der Waals surface area contributed by atoms with Crippen LogP contribution in [0.1, 0.15) is 39.2 Å². The second-order valence-electron chi connectivity index (χ2n) is 8.35. The van der Waals surface area contributed by atoms with E-state index in [-0.39, 0.29) is 42.3 Å². The molecule has 0 aliphatic carbocycles. The van der Waals surface area contributed by atoms with Crippen molar-refractivity contribution in [1.29, 1.82) is 0 Å². The van der Waals surface area contributed by atoms with Crippen LogP contribution in [-0.2, 0) is 26.2 Å². The van der Waals surface area contributed by atoms with Crippen LogP contribution in [0.5, 0.6) is 0 Å². The Labute approximate surface area is 212 Å². The summed E-state index contributed by atoms with van der Waals surface area (Å²) in [6.07, 6.45) is 0.382. The minimum absolute atomic E-state index is 0.0753. The summed E-state index contributed by atoms with van der Waals surface area (Å²) in [5, 5.41) is 3.59. The topological polar surface area (TPSA) is 86.8 Å². The van der Waals surface area contributed by atoms with Gasteiger partial charge in [-0.1, -0.05) is 47.5 Å². The molecule has 2 aromatic carbocycles. The normalized spacial score (nSPS) is 12.6. The van der Waals surface area contributed by atoms with Gasteiger partial charge in [-0.2, -0.15) is 0 Å². The number of sulfonamides is 1. The number of halogens is 2. The second-order valence-corrected chi connectivity index (χ2v) is 11.2. The number of carbonyl (C=O) groups is 2. The van der Waals surface area contributed by atoms with Gasteiger partial charge < -0.3 is 10.2 Å². The number of amides is 2. The lowest BCUT2D eigenvalue weighted by Gasteiger charge is -2.30. The maximum absolute atomic E-state index is 13.2. The summed E-state index contributed by atoms with van der Waals surface area (Å²) in [5.41, 5.74) is 0.732. The Balaban J connectivity index is 2.11. The van der Waals surface area contributed by atoms with Gasteiger partial charge in [0.2, 0.25) is 21.8 Å². The number of nitrogens with zero attached hydrogens (tertiary/aromatic N) is 2. The van der Waals surface area contributed by atoms with Crippen molar-refractivity contribution in [2.75, 3.05) is 13.6 Å². The lowest BCUT2D eigenvalue weighted by Crippen LogP contribution is -2.49. The van der Waals surface area contributed by atoms with E-state index < -0.39 is 16.1 Å². The Morgan fingerprint density at radius 3 is 2.24 bits per heavy atom. The molecule has 0 radical (unpaired) electrons. The quantitative estimate of drug-likeness (QED) is 0.470. The van der Waals surface area contributed by atoms with Crippen LogP contribution in [0, 0.1) is 0 Å². The molecule has 0 heterocycles. The van der Waals surface area contributed by atoms with Gasteiger partial charge in [0, 0.05) is 32.6 Å². The number of benzene rings is 2. The minimum atomic E-state index is -3.64. The zero-order valence-corrected chi connectivity index (χ0v) is 22.1. The number of hydrogen-bond donors (Lipinski definition) is 1. The van der Waals surface area contributed by atoms with Crippen molar-refractivity contribution < 1.29 is 18.0 Å². The van der Waals surface area contributed by atoms with E-state index in [1.807, 2.05) is 13.8 Å². The van der Waals surface area contributed by atoms with Crippen LogP contribution >= 0.6 is 23.2 Å². The van der Waals surface area contributed by atoms with Crippen molar-refractivity contribution >= 4 is 45.0 Å². The summed E-state index contributed by atoms with van der Waals surface area (Å²) in [5.74, 6) is -0.532. The molecule has 0 unspecified atom stereocenters. The summed E-state index contributed by atoms with van der Waals surface area (Å²) in [6.45, 7) is 5.69. The molecule has 2 amide bonds. The molecule has 186 valence electrons. The van der Waals surface area contributed by atoms with Crippen LogP contribution in [0.15, 0.2) is 53.4 Å². The van der Waals surface area contributed by atoms with E-state index in [4.69, 9.17) is 23.2 Å². The number of rotatable bonds is 11. The maximum atomic E-state index is 13.2. The van der Waals surface area contributed by atoms with Gasteiger partial charge in [0.1, 0.15) is 6.04 Å². The van der Waals surface area contributed by atoms with Crippen LogP contribution in [0.25, 0.3) is 0 Å². The van der Waals surface area contributed by atoms with E-state index in [9.17, 15) is 18.0 Å². The van der Waals surface area contributed by atoms with Gasteiger partial charge in [0.25, 0.3) is 0 Å². The Hall–Kier alpha value is -2.13. The molecule has 0 spiro atoms. The molecule has 0 aliphatic rings. The molecule has 0 bridgehead atoms. The highest BCUT2D eigenvalue weighted by Crippen LogP contribution is 2.24. The van der Waals surface area contributed by atoms with E-state index in [0.717, 1.165) is 5.56 Å². The lowest BCUT2D eigenvalue weighted by molar-refractivity contribution is -0.140. The van der Waals surface area contributed by atoms with E-state index in [0.29, 0.717) is 16.5 Å². The van der Waals surface area contributed by atoms with Crippen molar-refractivity contribution in [3.8, 4) is 0 Å². The van der Waals surface area contributed by atoms with Gasteiger partial charge in [-0.15, -0.1) is 0 Å². The van der Waals surface area contributed by atoms with Gasteiger partial charge in [-0.3, -0.25) is 9.59 Å². The molecule has 1 atom stereocenters. The van der Waals surface area contributed by atoms with Crippen LogP contribution in [0.3, 0.4) is 0 Å². The molecule has 0 fully saturated rings. The first kappa shape index (κ1) is 28.1. The fraction of sp³-hybridized carbons (Fsp3) is 0.417. The van der Waals surface area contributed by atoms with E-state index >= 15 is 0 Å². The summed E-state index contributed by atoms with van der Waals surface area (Å²) >= 11 is 12.1. The third-order valence-electron chi connectivity index (χ3n) is 5.25. The standard InChI is InChI=1S/C24H31Cl2N3O4S/c1-17(2)27-24(31)18(3)29(16-19-12-13-21(25)22(26)15-19)23(30)11-8-14-28(4)34(32,33)20-9-6-5-7-10-20/h5-7,9-10,12-13,15,17-18H,8,11,14,16H2,1-4H3,(H,27,31)/t18-/m0/s1. The van der Waals surface area contributed by atoms with Crippen molar-refractivity contribution in [3.63, 3.8) is 0 Å². The maximum Gasteiger partial charge on any atom is 0.242 e. The van der Waals surface area contributed by atoms with Crippen molar-refractivity contribution in [2.45, 2.75) is 57.1 Å². The molecule has 2 aromatic rings. The molecule has 0 aromatic heterocycles. The van der Waals surface area contributed by atoms with Gasteiger partial charge >= 0.3 is 0 Å². The summed E-state index contributed by atoms with van der Waals surface area (Å²) in [7, 11) is -2.16. The van der Waals surface area contributed by atoms with Crippen LogP contribution in [0.2, 0.25) is 10.0 Å². The predicted molar refractivity (Wildman–Crippen MR) is 135 cm³/mol. The Morgan fingerprint density at radius 1 is 1.00 bits per heavy atom. The fourth-order valence-corrected chi connectivity index (χ4v) is 4.86. The molecule has 0 saturated carbocycles. The van der Waals surface area contributed by atoms with Gasteiger partial charge in [-0.05, 0) is 57.0 Å². The number of hydrogen-bond acceptors (Lipinski definition) is 4. The van der Waals surface area contributed by atoms with Crippen molar-refractivity contribution in [1.82, 2.24) is 14.5 Å². The zero-order chi connectivity index (χ0) is 25.5. The molecule has 34 heavy (non-hydrogen) atoms. The van der Waals surface area contributed by atoms with Gasteiger partial charge in [0.15, 0.2) is 0 Å². The predicted octanol–water partition coefficient (Wildman–Crippen LogP) is 4.34. The van der Waals surface area contributed by atoms with Gasteiger partial charge in [0.05, 0.1) is 14.9 Å². The molecule has 0 aliphatic heterocycles. The summed E-state index contributed by atoms with van der Waals surface area (Å²) in [4.78, 5) is 27.5. The highest BCUT2D eigenvalue weighted by molar-refractivity contribution is 7.89. The smallest absolute Gasteiger partial charge is 0.242 e. The van der Waals surface area contributed by atoms with Crippen LogP contribution in [-0.4, -0.2) is 55.1 Å². The zero-order valence-electron chi connectivity index (χ0n) is 19.8. The molecular weight excluding hydrogens is 497 g/mol. The second kappa shape index (κ2) is 12.5. The number of carbonyl (C=O) groups excluding carboxylic acids is 2. The number of nitrogens with one attached hydrogen (secondary N) is 1. The first-order valence-corrected chi connectivity index (χ1v) is 13.2. The van der Waals surface area contributed by atoms with Crippen molar-refractivity contribution in [3.05, 3.63) is 64.1 Å². The minimum Gasteiger partial charge on any atom is -0.352 e. The molecular formula is C24H31Cl2N3O4S. The molecule has 7 nitrogen and oxygen atoms in total. The van der Waals surface area contributed by atoms with E-state index in [1.54, 1.807) is 43.3 Å². The molecule has 2 rings (SSSR count). The van der Waals surface area contributed by atoms with Crippen molar-refractivity contribution in [2.24, 2.45) is 0 Å². The summed E-state index contributed by atoms with van der Waals surface area (Å²) < 4.78 is 26.6. The Kier molecular flexibility index (Phi) is 10.4. The van der Waals surface area contributed by atoms with Crippen LogP contribution < -0.4 is 5.32 Å². The largest absolute Gasteiger partial charge is 0.352 e. The van der Waals surface area contributed by atoms with Crippen LogP contribution in [0.4, 0.5) is 0 Å². The highest BCUT2D eigenvalue weighted by atomic mass is 35.5. The van der Waals surface area contributed by atoms with E-state index in [1.165, 1.54) is 28.4 Å². The Bertz CT molecular complexity index is 1090. The fourth-order valence-electron chi connectivity index (χ4n) is 3.31. The Morgan fingerprint density at radius 2 is 1.65 bits per heavy atom. The third kappa shape index (κ3) is 7.70. The first-order chi connectivity index (χ1) is 15.9. The SMILES string of the molecule is CC(C)NC(=O)[C@H](C)N(Cc1ccc(Cl)c(Cl)c1)C(=O)CCCN(C)S(=O)(=O)c1ccccc1. The monoisotopic (exact) mass is 527 g/mol. The van der Waals surface area contributed by atoms with Gasteiger partial charge in [-0.25, -0.2) is 12.7 Å². The average molecular weight is 529 g/mol.